The van der Waals surface area contributed by atoms with E-state index in [-0.39, 0.29) is 5.56 Å². The zero-order chi connectivity index (χ0) is 22.3. The van der Waals surface area contributed by atoms with Crippen LogP contribution in [0.3, 0.4) is 0 Å². The zero-order valence-corrected chi connectivity index (χ0v) is 18.3. The van der Waals surface area contributed by atoms with Crippen LogP contribution >= 0.6 is 11.8 Å². The zero-order valence-electron chi connectivity index (χ0n) is 17.4. The van der Waals surface area contributed by atoms with E-state index in [2.05, 4.69) is 23.2 Å². The Morgan fingerprint density at radius 1 is 0.906 bits per heavy atom. The predicted octanol–water partition coefficient (Wildman–Crippen LogP) is 7.82. The maximum atomic E-state index is 13.7. The summed E-state index contributed by atoms with van der Waals surface area (Å²) in [6.07, 6.45) is 1.55. The number of hydrogen-bond acceptors (Lipinski definition) is 2. The van der Waals surface area contributed by atoms with Crippen LogP contribution in [0.25, 0.3) is 28.2 Å². The van der Waals surface area contributed by atoms with Gasteiger partial charge in [0.2, 0.25) is 0 Å². The molecule has 1 aromatic heterocycles. The van der Waals surface area contributed by atoms with Gasteiger partial charge >= 0.3 is 6.18 Å². The summed E-state index contributed by atoms with van der Waals surface area (Å²) in [5, 5.41) is 0. The van der Waals surface area contributed by atoms with E-state index < -0.39 is 11.7 Å². The largest absolute Gasteiger partial charge is 0.417 e. The molecule has 1 fully saturated rings. The van der Waals surface area contributed by atoms with E-state index >= 15 is 0 Å². The third-order valence-electron chi connectivity index (χ3n) is 5.74. The van der Waals surface area contributed by atoms with Gasteiger partial charge in [-0.2, -0.15) is 13.2 Å². The van der Waals surface area contributed by atoms with Crippen molar-refractivity contribution in [3.05, 3.63) is 90.3 Å². The van der Waals surface area contributed by atoms with E-state index in [0.717, 1.165) is 41.4 Å². The molecule has 0 N–H and O–H groups in total. The van der Waals surface area contributed by atoms with Gasteiger partial charge in [-0.05, 0) is 60.6 Å². The lowest BCUT2D eigenvalue weighted by atomic mass is 10.0. The van der Waals surface area contributed by atoms with Crippen molar-refractivity contribution in [2.24, 2.45) is 0 Å². The van der Waals surface area contributed by atoms with Crippen LogP contribution in [0.1, 0.15) is 30.0 Å². The number of nitrogens with zero attached hydrogens (tertiary/aromatic N) is 2. The van der Waals surface area contributed by atoms with E-state index in [4.69, 9.17) is 0 Å². The van der Waals surface area contributed by atoms with Gasteiger partial charge < -0.3 is 0 Å². The van der Waals surface area contributed by atoms with Crippen LogP contribution < -0.4 is 0 Å². The van der Waals surface area contributed by atoms with Crippen LogP contribution in [-0.2, 0) is 6.18 Å². The molecule has 1 heterocycles. The summed E-state index contributed by atoms with van der Waals surface area (Å²) in [4.78, 5) is 5.84. The third-order valence-corrected chi connectivity index (χ3v) is 6.47. The van der Waals surface area contributed by atoms with E-state index in [1.54, 1.807) is 22.4 Å². The molecule has 0 saturated heterocycles. The minimum Gasteiger partial charge on any atom is -0.299 e. The molecule has 3 aromatic carbocycles. The Hall–Kier alpha value is -2.99. The molecular formula is C26H21F3N2S. The summed E-state index contributed by atoms with van der Waals surface area (Å²) in [5.41, 5.74) is 3.25. The summed E-state index contributed by atoms with van der Waals surface area (Å²) in [6.45, 7) is 0. The van der Waals surface area contributed by atoms with Gasteiger partial charge in [0.15, 0.2) is 0 Å². The molecule has 2 nitrogen and oxygen atoms in total. The van der Waals surface area contributed by atoms with Crippen molar-refractivity contribution in [2.75, 3.05) is 6.26 Å². The highest BCUT2D eigenvalue weighted by Crippen LogP contribution is 2.43. The van der Waals surface area contributed by atoms with Gasteiger partial charge in [-0.25, -0.2) is 4.98 Å². The van der Waals surface area contributed by atoms with E-state index in [9.17, 15) is 13.2 Å². The van der Waals surface area contributed by atoms with Gasteiger partial charge in [-0.1, -0.05) is 42.5 Å². The Morgan fingerprint density at radius 2 is 1.66 bits per heavy atom. The number of halogens is 3. The first-order valence-corrected chi connectivity index (χ1v) is 11.7. The summed E-state index contributed by atoms with van der Waals surface area (Å²) in [7, 11) is 0. The number of alkyl halides is 3. The smallest absolute Gasteiger partial charge is 0.299 e. The highest BCUT2D eigenvalue weighted by atomic mass is 32.2. The fourth-order valence-corrected chi connectivity index (χ4v) is 4.36. The standard InChI is InChI=1S/C26H21F3N2S/c1-32-21-6-4-5-19(15-21)17-11-13-20(14-12-17)31-16-24(18-9-10-18)30-25(31)22-7-2-3-8-23(22)26(27,28)29/h2-8,11-16,18H,9-10H2,1H3. The lowest BCUT2D eigenvalue weighted by Gasteiger charge is -2.14. The predicted molar refractivity (Wildman–Crippen MR) is 123 cm³/mol. The monoisotopic (exact) mass is 450 g/mol. The average molecular weight is 451 g/mol. The van der Waals surface area contributed by atoms with Gasteiger partial charge in [0.05, 0.1) is 11.3 Å². The van der Waals surface area contributed by atoms with Crippen molar-refractivity contribution in [3.63, 3.8) is 0 Å². The molecule has 1 aliphatic carbocycles. The van der Waals surface area contributed by atoms with Crippen LogP contribution in [0.2, 0.25) is 0 Å². The molecule has 0 spiro atoms. The van der Waals surface area contributed by atoms with Crippen molar-refractivity contribution in [2.45, 2.75) is 29.8 Å². The first-order chi connectivity index (χ1) is 15.4. The number of hydrogen-bond donors (Lipinski definition) is 0. The van der Waals surface area contributed by atoms with Crippen LogP contribution in [-0.4, -0.2) is 15.8 Å². The maximum Gasteiger partial charge on any atom is 0.417 e. The molecule has 0 amide bonds. The number of rotatable bonds is 5. The van der Waals surface area contributed by atoms with Gasteiger partial charge in [0, 0.05) is 28.3 Å². The molecular weight excluding hydrogens is 429 g/mol. The molecule has 0 unspecified atom stereocenters. The molecule has 0 bridgehead atoms. The second kappa shape index (κ2) is 8.17. The summed E-state index contributed by atoms with van der Waals surface area (Å²) < 4.78 is 42.9. The lowest BCUT2D eigenvalue weighted by Crippen LogP contribution is -2.08. The lowest BCUT2D eigenvalue weighted by molar-refractivity contribution is -0.137. The SMILES string of the molecule is CSc1cccc(-c2ccc(-n3cc(C4CC4)nc3-c3ccccc3C(F)(F)F)cc2)c1. The fourth-order valence-electron chi connectivity index (χ4n) is 3.90. The summed E-state index contributed by atoms with van der Waals surface area (Å²) in [6, 6.07) is 21.8. The van der Waals surface area contributed by atoms with E-state index in [1.807, 2.05) is 42.8 Å². The van der Waals surface area contributed by atoms with Crippen molar-refractivity contribution in [3.8, 4) is 28.2 Å². The molecule has 0 radical (unpaired) electrons. The Bertz CT molecular complexity index is 1250. The number of benzene rings is 3. The average Bonchev–Trinajstić information content (AvgIpc) is 3.57. The first-order valence-electron chi connectivity index (χ1n) is 10.4. The van der Waals surface area contributed by atoms with Gasteiger partial charge in [0.25, 0.3) is 0 Å². The first kappa shape index (κ1) is 20.9. The Morgan fingerprint density at radius 3 is 2.34 bits per heavy atom. The van der Waals surface area contributed by atoms with E-state index in [0.29, 0.717) is 11.7 Å². The summed E-state index contributed by atoms with van der Waals surface area (Å²) in [5.74, 6) is 0.665. The van der Waals surface area contributed by atoms with Crippen LogP contribution in [0.15, 0.2) is 83.9 Å². The Kier molecular flexibility index (Phi) is 5.33. The van der Waals surface area contributed by atoms with Crippen LogP contribution in [0, 0.1) is 0 Å². The molecule has 5 rings (SSSR count). The highest BCUT2D eigenvalue weighted by molar-refractivity contribution is 7.98. The normalized spacial score (nSPS) is 14.0. The molecule has 32 heavy (non-hydrogen) atoms. The molecule has 162 valence electrons. The minimum atomic E-state index is -4.45. The van der Waals surface area contributed by atoms with Crippen LogP contribution in [0.4, 0.5) is 13.2 Å². The molecule has 4 aromatic rings. The van der Waals surface area contributed by atoms with Crippen molar-refractivity contribution in [1.29, 1.82) is 0 Å². The second-order valence-electron chi connectivity index (χ2n) is 7.96. The van der Waals surface area contributed by atoms with Crippen molar-refractivity contribution in [1.82, 2.24) is 9.55 Å². The molecule has 0 atom stereocenters. The number of aromatic nitrogens is 2. The van der Waals surface area contributed by atoms with Crippen molar-refractivity contribution >= 4 is 11.8 Å². The third kappa shape index (κ3) is 4.07. The van der Waals surface area contributed by atoms with Gasteiger partial charge in [-0.15, -0.1) is 11.8 Å². The molecule has 1 aliphatic rings. The quantitative estimate of drug-likeness (QED) is 0.288. The van der Waals surface area contributed by atoms with Gasteiger partial charge in [-0.3, -0.25) is 4.57 Å². The maximum absolute atomic E-state index is 13.7. The van der Waals surface area contributed by atoms with Gasteiger partial charge in [0.1, 0.15) is 5.82 Å². The fraction of sp³-hybridized carbons (Fsp3) is 0.192. The molecule has 0 aliphatic heterocycles. The number of thioether (sulfide) groups is 1. The molecule has 1 saturated carbocycles. The summed E-state index contributed by atoms with van der Waals surface area (Å²) >= 11 is 1.69. The minimum absolute atomic E-state index is 0.101. The topological polar surface area (TPSA) is 17.8 Å². The number of imidazole rings is 1. The highest BCUT2D eigenvalue weighted by Gasteiger charge is 2.35. The molecule has 6 heteroatoms. The Labute approximate surface area is 189 Å². The van der Waals surface area contributed by atoms with E-state index in [1.165, 1.54) is 17.0 Å². The Balaban J connectivity index is 1.59. The second-order valence-corrected chi connectivity index (χ2v) is 8.84. The van der Waals surface area contributed by atoms with Crippen LogP contribution in [0.5, 0.6) is 0 Å². The van der Waals surface area contributed by atoms with Crippen molar-refractivity contribution < 1.29 is 13.2 Å².